The summed E-state index contributed by atoms with van der Waals surface area (Å²) < 4.78 is 6.66. The van der Waals surface area contributed by atoms with Gasteiger partial charge in [0.2, 0.25) is 5.88 Å². The molecule has 1 aliphatic carbocycles. The Kier molecular flexibility index (Phi) is 3.87. The first-order valence-electron chi connectivity index (χ1n) is 5.23. The molecule has 82 valence electrons. The van der Waals surface area contributed by atoms with Crippen molar-refractivity contribution in [3.63, 3.8) is 0 Å². The molecule has 0 radical (unpaired) electrons. The summed E-state index contributed by atoms with van der Waals surface area (Å²) in [6, 6.07) is 1.81. The standard InChI is InChI=1S/C11H13BrClNO/c12-10-6-8(13)7-14-11(10)15-9-4-2-1-3-5-9/h6-7,9H,1-5H2. The molecule has 1 fully saturated rings. The Morgan fingerprint density at radius 3 is 2.73 bits per heavy atom. The molecule has 1 heterocycles. The fourth-order valence-corrected chi connectivity index (χ4v) is 2.56. The topological polar surface area (TPSA) is 22.1 Å². The molecule has 2 nitrogen and oxygen atoms in total. The average molecular weight is 291 g/mol. The molecule has 0 aliphatic heterocycles. The van der Waals surface area contributed by atoms with Crippen LogP contribution >= 0.6 is 27.5 Å². The molecule has 0 bridgehead atoms. The molecular weight excluding hydrogens is 277 g/mol. The van der Waals surface area contributed by atoms with E-state index in [0.717, 1.165) is 17.3 Å². The number of nitrogens with zero attached hydrogens (tertiary/aromatic N) is 1. The van der Waals surface area contributed by atoms with Gasteiger partial charge in [-0.1, -0.05) is 18.0 Å². The summed E-state index contributed by atoms with van der Waals surface area (Å²) in [5.41, 5.74) is 0. The zero-order chi connectivity index (χ0) is 10.7. The van der Waals surface area contributed by atoms with E-state index < -0.39 is 0 Å². The van der Waals surface area contributed by atoms with Gasteiger partial charge in [0.05, 0.1) is 9.50 Å². The number of aromatic nitrogens is 1. The highest BCUT2D eigenvalue weighted by Gasteiger charge is 2.16. The predicted molar refractivity (Wildman–Crippen MR) is 64.4 cm³/mol. The third-order valence-corrected chi connectivity index (χ3v) is 3.38. The van der Waals surface area contributed by atoms with Gasteiger partial charge >= 0.3 is 0 Å². The summed E-state index contributed by atoms with van der Waals surface area (Å²) in [6.07, 6.45) is 8.06. The van der Waals surface area contributed by atoms with Crippen LogP contribution in [0.1, 0.15) is 32.1 Å². The lowest BCUT2D eigenvalue weighted by molar-refractivity contribution is 0.147. The minimum Gasteiger partial charge on any atom is -0.474 e. The molecule has 1 aromatic rings. The maximum atomic E-state index is 5.82. The predicted octanol–water partition coefficient (Wildman–Crippen LogP) is 4.21. The molecule has 0 saturated heterocycles. The Labute approximate surface area is 103 Å². The van der Waals surface area contributed by atoms with Crippen molar-refractivity contribution in [2.45, 2.75) is 38.2 Å². The maximum absolute atomic E-state index is 5.82. The van der Waals surface area contributed by atoms with E-state index in [-0.39, 0.29) is 0 Å². The third-order valence-electron chi connectivity index (χ3n) is 2.60. The summed E-state index contributed by atoms with van der Waals surface area (Å²) in [7, 11) is 0. The Balaban J connectivity index is 2.03. The van der Waals surface area contributed by atoms with E-state index in [4.69, 9.17) is 16.3 Å². The van der Waals surface area contributed by atoms with Crippen molar-refractivity contribution >= 4 is 27.5 Å². The van der Waals surface area contributed by atoms with E-state index in [2.05, 4.69) is 20.9 Å². The van der Waals surface area contributed by atoms with E-state index in [9.17, 15) is 0 Å². The molecule has 1 aromatic heterocycles. The van der Waals surface area contributed by atoms with Gasteiger partial charge in [0.25, 0.3) is 0 Å². The lowest BCUT2D eigenvalue weighted by atomic mass is 9.98. The number of rotatable bonds is 2. The highest BCUT2D eigenvalue weighted by molar-refractivity contribution is 9.10. The van der Waals surface area contributed by atoms with Crippen molar-refractivity contribution in [1.82, 2.24) is 4.98 Å². The van der Waals surface area contributed by atoms with Crippen LogP contribution in [0.25, 0.3) is 0 Å². The molecule has 0 amide bonds. The van der Waals surface area contributed by atoms with Crippen LogP contribution in [0.3, 0.4) is 0 Å². The summed E-state index contributed by atoms with van der Waals surface area (Å²) in [5.74, 6) is 0.659. The van der Waals surface area contributed by atoms with E-state index in [1.165, 1.54) is 19.3 Å². The second-order valence-electron chi connectivity index (χ2n) is 3.82. The van der Waals surface area contributed by atoms with Crippen molar-refractivity contribution in [3.05, 3.63) is 21.8 Å². The zero-order valence-electron chi connectivity index (χ0n) is 8.38. The first-order chi connectivity index (χ1) is 7.25. The number of hydrogen-bond acceptors (Lipinski definition) is 2. The number of ether oxygens (including phenoxy) is 1. The fourth-order valence-electron chi connectivity index (χ4n) is 1.83. The van der Waals surface area contributed by atoms with Gasteiger partial charge in [-0.25, -0.2) is 4.98 Å². The quantitative estimate of drug-likeness (QED) is 0.814. The second-order valence-corrected chi connectivity index (χ2v) is 5.11. The summed E-state index contributed by atoms with van der Waals surface area (Å²) >= 11 is 9.21. The number of pyridine rings is 1. The monoisotopic (exact) mass is 289 g/mol. The molecule has 1 saturated carbocycles. The van der Waals surface area contributed by atoms with Gasteiger partial charge in [0, 0.05) is 6.20 Å². The van der Waals surface area contributed by atoms with Crippen LogP contribution in [0.2, 0.25) is 5.02 Å². The van der Waals surface area contributed by atoms with E-state index in [1.807, 2.05) is 6.07 Å². The molecule has 4 heteroatoms. The highest BCUT2D eigenvalue weighted by atomic mass is 79.9. The van der Waals surface area contributed by atoms with E-state index in [0.29, 0.717) is 17.0 Å². The van der Waals surface area contributed by atoms with Crippen LogP contribution in [0.5, 0.6) is 5.88 Å². The van der Waals surface area contributed by atoms with Gasteiger partial charge in [-0.3, -0.25) is 0 Å². The molecule has 0 N–H and O–H groups in total. The molecule has 2 rings (SSSR count). The van der Waals surface area contributed by atoms with Gasteiger partial charge < -0.3 is 4.74 Å². The Morgan fingerprint density at radius 2 is 2.07 bits per heavy atom. The number of hydrogen-bond donors (Lipinski definition) is 0. The molecule has 1 aliphatic rings. The Morgan fingerprint density at radius 1 is 1.33 bits per heavy atom. The SMILES string of the molecule is Clc1cnc(OC2CCCCC2)c(Br)c1. The third kappa shape index (κ3) is 3.08. The van der Waals surface area contributed by atoms with Crippen LogP contribution in [-0.2, 0) is 0 Å². The summed E-state index contributed by atoms with van der Waals surface area (Å²) in [5, 5.41) is 0.623. The average Bonchev–Trinajstić information content (AvgIpc) is 2.24. The first-order valence-corrected chi connectivity index (χ1v) is 6.40. The van der Waals surface area contributed by atoms with E-state index >= 15 is 0 Å². The van der Waals surface area contributed by atoms with E-state index in [1.54, 1.807) is 6.20 Å². The van der Waals surface area contributed by atoms with Crippen LogP contribution in [0.15, 0.2) is 16.7 Å². The van der Waals surface area contributed by atoms with Crippen molar-refractivity contribution in [1.29, 1.82) is 0 Å². The fraction of sp³-hybridized carbons (Fsp3) is 0.545. The lowest BCUT2D eigenvalue weighted by Crippen LogP contribution is -2.20. The smallest absolute Gasteiger partial charge is 0.228 e. The van der Waals surface area contributed by atoms with Crippen molar-refractivity contribution in [2.24, 2.45) is 0 Å². The molecule has 0 atom stereocenters. The van der Waals surface area contributed by atoms with Crippen LogP contribution in [0, 0.1) is 0 Å². The van der Waals surface area contributed by atoms with Crippen molar-refractivity contribution in [2.75, 3.05) is 0 Å². The summed E-state index contributed by atoms with van der Waals surface area (Å²) in [4.78, 5) is 4.17. The molecular formula is C11H13BrClNO. The largest absolute Gasteiger partial charge is 0.474 e. The minimum atomic E-state index is 0.323. The van der Waals surface area contributed by atoms with Gasteiger partial charge in [-0.2, -0.15) is 0 Å². The zero-order valence-corrected chi connectivity index (χ0v) is 10.7. The number of halogens is 2. The van der Waals surface area contributed by atoms with Gasteiger partial charge in [0.1, 0.15) is 6.10 Å². The van der Waals surface area contributed by atoms with Crippen molar-refractivity contribution in [3.8, 4) is 5.88 Å². The second kappa shape index (κ2) is 5.17. The first kappa shape index (κ1) is 11.2. The molecule has 0 unspecified atom stereocenters. The Bertz CT molecular complexity index is 339. The van der Waals surface area contributed by atoms with Gasteiger partial charge in [0.15, 0.2) is 0 Å². The molecule has 0 spiro atoms. The normalized spacial score (nSPS) is 17.7. The molecule has 0 aromatic carbocycles. The summed E-state index contributed by atoms with van der Waals surface area (Å²) in [6.45, 7) is 0. The van der Waals surface area contributed by atoms with Gasteiger partial charge in [-0.15, -0.1) is 0 Å². The molecule has 15 heavy (non-hydrogen) atoms. The maximum Gasteiger partial charge on any atom is 0.228 e. The van der Waals surface area contributed by atoms with Crippen LogP contribution < -0.4 is 4.74 Å². The Hall–Kier alpha value is -0.280. The minimum absolute atomic E-state index is 0.323. The van der Waals surface area contributed by atoms with Crippen LogP contribution in [-0.4, -0.2) is 11.1 Å². The highest BCUT2D eigenvalue weighted by Crippen LogP contribution is 2.29. The van der Waals surface area contributed by atoms with Gasteiger partial charge in [-0.05, 0) is 47.7 Å². The van der Waals surface area contributed by atoms with Crippen molar-refractivity contribution < 1.29 is 4.74 Å². The van der Waals surface area contributed by atoms with Crippen LogP contribution in [0.4, 0.5) is 0 Å². The lowest BCUT2D eigenvalue weighted by Gasteiger charge is -2.22.